The fourth-order valence-electron chi connectivity index (χ4n) is 9.24. The van der Waals surface area contributed by atoms with E-state index in [9.17, 15) is 24.1 Å². The Morgan fingerprint density at radius 3 is 2.47 bits per heavy atom. The number of aryl methyl sites for hydroxylation is 2. The van der Waals surface area contributed by atoms with Crippen LogP contribution < -0.4 is 36.2 Å². The molecule has 3 aliphatic rings. The number of piperazine rings is 1. The standard InChI is InChI=1S/C47H55BrFN10O8P/c1-27-7-10-36(43(28(27)2)68(64,66-5)67-6)53-44-34(48)24-51-46(56-44)54-37-20-32(30-23-52-57(3)26-30)33(21-40(37)65-4)39-25-50-15-18-59(39)42(61)22-47(63)13-16-58(17-14-47)38-11-8-29(19-35(38)49)31-9-12-41(60)55-45(31)62/h7-8,10-11,19-21,23-24,26,31,39,50,63H,9,12-18,22,25H2,1-6H3,(H,55,60,62)(H2,51,53,54,56). The lowest BCUT2D eigenvalue weighted by Crippen LogP contribution is -2.52. The van der Waals surface area contributed by atoms with E-state index in [0.717, 1.165) is 27.8 Å². The molecule has 3 amide bonds. The molecule has 0 saturated carbocycles. The van der Waals surface area contributed by atoms with Crippen LogP contribution in [0.4, 0.5) is 33.2 Å². The molecule has 3 aromatic carbocycles. The number of amides is 3. The lowest BCUT2D eigenvalue weighted by molar-refractivity contribution is -0.141. The third-order valence-electron chi connectivity index (χ3n) is 13.1. The number of benzene rings is 3. The van der Waals surface area contributed by atoms with E-state index >= 15 is 4.39 Å². The molecule has 2 atom stereocenters. The van der Waals surface area contributed by atoms with Gasteiger partial charge in [-0.1, -0.05) is 12.1 Å². The maximum atomic E-state index is 15.6. The van der Waals surface area contributed by atoms with Gasteiger partial charge in [0, 0.05) is 78.4 Å². The number of nitrogens with zero attached hydrogens (tertiary/aromatic N) is 6. The number of anilines is 5. The minimum atomic E-state index is -3.69. The quantitative estimate of drug-likeness (QED) is 0.0600. The summed E-state index contributed by atoms with van der Waals surface area (Å²) in [5, 5.41) is 29.1. The van der Waals surface area contributed by atoms with E-state index in [2.05, 4.69) is 47.3 Å². The molecule has 5 N–H and O–H groups in total. The van der Waals surface area contributed by atoms with Crippen LogP contribution in [-0.4, -0.2) is 107 Å². The van der Waals surface area contributed by atoms with Crippen molar-refractivity contribution in [2.24, 2.45) is 7.05 Å². The highest BCUT2D eigenvalue weighted by Crippen LogP contribution is 2.49. The molecule has 3 saturated heterocycles. The van der Waals surface area contributed by atoms with Gasteiger partial charge in [-0.3, -0.25) is 28.9 Å². The Kier molecular flexibility index (Phi) is 14.4. The van der Waals surface area contributed by atoms with E-state index in [-0.39, 0.29) is 43.4 Å². The summed E-state index contributed by atoms with van der Waals surface area (Å²) in [6, 6.07) is 11.7. The predicted octanol–water partition coefficient (Wildman–Crippen LogP) is 6.42. The van der Waals surface area contributed by atoms with Crippen LogP contribution in [0.15, 0.2) is 65.5 Å². The number of piperidine rings is 2. The second kappa shape index (κ2) is 20.1. The molecule has 8 rings (SSSR count). The van der Waals surface area contributed by atoms with Gasteiger partial charge in [0.1, 0.15) is 17.4 Å². The van der Waals surface area contributed by atoms with E-state index in [0.29, 0.717) is 83.1 Å². The summed E-state index contributed by atoms with van der Waals surface area (Å²) in [4.78, 5) is 51.5. The molecular weight excluding hydrogens is 962 g/mol. The molecule has 18 nitrogen and oxygen atoms in total. The summed E-state index contributed by atoms with van der Waals surface area (Å²) in [5.41, 5.74) is 4.55. The molecule has 68 heavy (non-hydrogen) atoms. The molecule has 3 aliphatic heterocycles. The number of halogens is 2. The average molecular weight is 1020 g/mol. The number of aliphatic hydroxyl groups is 1. The van der Waals surface area contributed by atoms with Crippen LogP contribution in [0.3, 0.4) is 0 Å². The van der Waals surface area contributed by atoms with E-state index in [4.69, 9.17) is 18.8 Å². The highest BCUT2D eigenvalue weighted by Gasteiger charge is 2.40. The first-order chi connectivity index (χ1) is 32.5. The van der Waals surface area contributed by atoms with E-state index in [1.54, 1.807) is 47.3 Å². The summed E-state index contributed by atoms with van der Waals surface area (Å²) >= 11 is 3.56. The fourth-order valence-corrected chi connectivity index (χ4v) is 11.1. The monoisotopic (exact) mass is 1020 g/mol. The molecule has 21 heteroatoms. The molecule has 5 heterocycles. The van der Waals surface area contributed by atoms with Gasteiger partial charge in [0.25, 0.3) is 0 Å². The third-order valence-corrected chi connectivity index (χ3v) is 15.8. The van der Waals surface area contributed by atoms with Crippen LogP contribution in [0.1, 0.15) is 66.3 Å². The van der Waals surface area contributed by atoms with Crippen molar-refractivity contribution in [3.8, 4) is 16.9 Å². The second-order valence-corrected chi connectivity index (χ2v) is 20.4. The summed E-state index contributed by atoms with van der Waals surface area (Å²) < 4.78 is 48.3. The minimum Gasteiger partial charge on any atom is -0.495 e. The number of hydrogen-bond donors (Lipinski definition) is 5. The van der Waals surface area contributed by atoms with E-state index < -0.39 is 36.9 Å². The molecule has 0 radical (unpaired) electrons. The van der Waals surface area contributed by atoms with Gasteiger partial charge in [0.15, 0.2) is 0 Å². The number of nitrogens with one attached hydrogen (secondary N) is 4. The third kappa shape index (κ3) is 10.0. The largest absolute Gasteiger partial charge is 0.495 e. The maximum Gasteiger partial charge on any atom is 0.363 e. The van der Waals surface area contributed by atoms with Crippen LogP contribution in [-0.2, 0) is 35.0 Å². The number of aromatic nitrogens is 4. The van der Waals surface area contributed by atoms with Gasteiger partial charge in [-0.2, -0.15) is 10.1 Å². The van der Waals surface area contributed by atoms with Crippen LogP contribution in [0.25, 0.3) is 11.1 Å². The number of methoxy groups -OCH3 is 1. The topological polar surface area (TPSA) is 214 Å². The van der Waals surface area contributed by atoms with Crippen molar-refractivity contribution < 1.29 is 42.2 Å². The molecule has 5 aromatic rings. The molecule has 2 aromatic heterocycles. The number of ether oxygens (including phenoxy) is 1. The van der Waals surface area contributed by atoms with Crippen molar-refractivity contribution in [2.45, 2.75) is 63.5 Å². The van der Waals surface area contributed by atoms with Crippen LogP contribution in [0, 0.1) is 19.7 Å². The van der Waals surface area contributed by atoms with Crippen LogP contribution >= 0.6 is 23.5 Å². The first-order valence-corrected chi connectivity index (χ1v) is 24.6. The van der Waals surface area contributed by atoms with Gasteiger partial charge in [-0.15, -0.1) is 0 Å². The first-order valence-electron chi connectivity index (χ1n) is 22.2. The zero-order chi connectivity index (χ0) is 48.5. The van der Waals surface area contributed by atoms with Gasteiger partial charge in [-0.05, 0) is 107 Å². The number of carbonyl (C=O) groups is 3. The molecule has 2 unspecified atom stereocenters. The van der Waals surface area contributed by atoms with E-state index in [1.807, 2.05) is 50.2 Å². The number of rotatable bonds is 14. The van der Waals surface area contributed by atoms with Crippen LogP contribution in [0.5, 0.6) is 5.75 Å². The van der Waals surface area contributed by atoms with Gasteiger partial charge in [0.05, 0.1) is 64.1 Å². The number of imide groups is 1. The molecular formula is C47H55BrFN10O8P. The zero-order valence-corrected chi connectivity index (χ0v) is 41.2. The number of hydrogen-bond acceptors (Lipinski definition) is 15. The van der Waals surface area contributed by atoms with Crippen molar-refractivity contribution in [2.75, 3.05) is 69.6 Å². The minimum absolute atomic E-state index is 0.122. The van der Waals surface area contributed by atoms with Gasteiger partial charge in [0.2, 0.25) is 23.7 Å². The Morgan fingerprint density at radius 1 is 1.03 bits per heavy atom. The lowest BCUT2D eigenvalue weighted by Gasteiger charge is -2.42. The van der Waals surface area contributed by atoms with Crippen molar-refractivity contribution in [3.05, 3.63) is 93.6 Å². The van der Waals surface area contributed by atoms with Gasteiger partial charge < -0.3 is 44.6 Å². The summed E-state index contributed by atoms with van der Waals surface area (Å²) in [7, 11) is 2.37. The summed E-state index contributed by atoms with van der Waals surface area (Å²) in [6.07, 6.45) is 6.09. The Hall–Kier alpha value is -5.76. The molecule has 360 valence electrons. The number of carbonyl (C=O) groups excluding carboxylic acids is 3. The Labute approximate surface area is 402 Å². The van der Waals surface area contributed by atoms with Crippen molar-refractivity contribution in [1.82, 2.24) is 35.3 Å². The van der Waals surface area contributed by atoms with E-state index in [1.165, 1.54) is 20.3 Å². The summed E-state index contributed by atoms with van der Waals surface area (Å²) in [5.74, 6) is -1.03. The fraction of sp³-hybridized carbons (Fsp3) is 0.404. The molecule has 0 aliphatic carbocycles. The highest BCUT2D eigenvalue weighted by molar-refractivity contribution is 9.10. The van der Waals surface area contributed by atoms with Gasteiger partial charge in [-0.25, -0.2) is 9.37 Å². The summed E-state index contributed by atoms with van der Waals surface area (Å²) in [6.45, 7) is 5.77. The molecule has 3 fully saturated rings. The molecule has 0 bridgehead atoms. The SMILES string of the molecule is COc1cc(C2CNCCN2C(=O)CC2(O)CCN(c3ccc(C4CCC(=O)NC4=O)cc3F)CC2)c(-c2cnn(C)c2)cc1Nc1ncc(Br)c(Nc2ccc(C)c(C)c2P(=O)(OC)OC)n1. The Morgan fingerprint density at radius 2 is 1.79 bits per heavy atom. The molecule has 0 spiro atoms. The van der Waals surface area contributed by atoms with Crippen LogP contribution in [0.2, 0.25) is 0 Å². The van der Waals surface area contributed by atoms with Crippen molar-refractivity contribution >= 4 is 75.4 Å². The highest BCUT2D eigenvalue weighted by atomic mass is 79.9. The van der Waals surface area contributed by atoms with Gasteiger partial charge >= 0.3 is 7.60 Å². The zero-order valence-electron chi connectivity index (χ0n) is 38.7. The Balaban J connectivity index is 1.02. The Bertz CT molecular complexity index is 2800. The smallest absolute Gasteiger partial charge is 0.363 e. The average Bonchev–Trinajstić information content (AvgIpc) is 3.77. The second-order valence-electron chi connectivity index (χ2n) is 17.4. The van der Waals surface area contributed by atoms with Crippen molar-refractivity contribution in [1.29, 1.82) is 0 Å². The lowest BCUT2D eigenvalue weighted by atomic mass is 9.86. The van der Waals surface area contributed by atoms with Crippen molar-refractivity contribution in [3.63, 3.8) is 0 Å². The maximum absolute atomic E-state index is 15.6. The predicted molar refractivity (Wildman–Crippen MR) is 259 cm³/mol. The first kappa shape index (κ1) is 48.7. The normalized spacial score (nSPS) is 18.6.